The maximum absolute atomic E-state index is 11.5. The first-order chi connectivity index (χ1) is 8.81. The van der Waals surface area contributed by atoms with Crippen LogP contribution in [-0.2, 0) is 4.74 Å². The van der Waals surface area contributed by atoms with Crippen LogP contribution in [0.5, 0.6) is 0 Å². The first-order valence-corrected chi connectivity index (χ1v) is 5.60. The fourth-order valence-corrected chi connectivity index (χ4v) is 1.53. The molecule has 0 saturated heterocycles. The number of aliphatic hydroxyl groups is 1. The highest BCUT2D eigenvalue weighted by Gasteiger charge is 2.08. The molecule has 0 aliphatic rings. The van der Waals surface area contributed by atoms with E-state index in [-0.39, 0.29) is 18.9 Å². The Morgan fingerprint density at radius 2 is 1.89 bits per heavy atom. The Kier molecular flexibility index (Phi) is 4.04. The van der Waals surface area contributed by atoms with E-state index in [1.54, 1.807) is 12.3 Å². The number of aromatic nitrogens is 1. The predicted octanol–water partition coefficient (Wildman–Crippen LogP) is 1.90. The van der Waals surface area contributed by atoms with E-state index >= 15 is 0 Å². The van der Waals surface area contributed by atoms with Gasteiger partial charge in [-0.05, 0) is 11.6 Å². The molecular formula is C14H13NO3. The van der Waals surface area contributed by atoms with Crippen molar-refractivity contribution >= 4 is 5.97 Å². The summed E-state index contributed by atoms with van der Waals surface area (Å²) in [6, 6.07) is 13.2. The van der Waals surface area contributed by atoms with Gasteiger partial charge in [-0.2, -0.15) is 0 Å². The number of hydrogen-bond acceptors (Lipinski definition) is 4. The minimum Gasteiger partial charge on any atom is -0.459 e. The second-order valence-electron chi connectivity index (χ2n) is 3.66. The summed E-state index contributed by atoms with van der Waals surface area (Å²) in [5, 5.41) is 8.56. The van der Waals surface area contributed by atoms with Gasteiger partial charge in [0.25, 0.3) is 0 Å². The minimum absolute atomic E-state index is 0.0129. The lowest BCUT2D eigenvalue weighted by molar-refractivity contribution is 0.0427. The molecule has 4 nitrogen and oxygen atoms in total. The second-order valence-corrected chi connectivity index (χ2v) is 3.66. The Hall–Kier alpha value is -2.20. The van der Waals surface area contributed by atoms with Crippen molar-refractivity contribution in [1.82, 2.24) is 4.98 Å². The zero-order valence-corrected chi connectivity index (χ0v) is 9.74. The molecule has 92 valence electrons. The van der Waals surface area contributed by atoms with Crippen molar-refractivity contribution in [3.05, 3.63) is 54.4 Å². The van der Waals surface area contributed by atoms with Gasteiger partial charge in [-0.1, -0.05) is 36.4 Å². The normalized spacial score (nSPS) is 10.1. The van der Waals surface area contributed by atoms with E-state index in [4.69, 9.17) is 9.84 Å². The fourth-order valence-electron chi connectivity index (χ4n) is 1.53. The van der Waals surface area contributed by atoms with E-state index < -0.39 is 5.97 Å². The highest BCUT2D eigenvalue weighted by molar-refractivity contribution is 5.87. The summed E-state index contributed by atoms with van der Waals surface area (Å²) in [6.45, 7) is -0.200. The van der Waals surface area contributed by atoms with Gasteiger partial charge in [0, 0.05) is 11.8 Å². The number of ether oxygens (including phenoxy) is 1. The van der Waals surface area contributed by atoms with Crippen LogP contribution in [0, 0.1) is 0 Å². The van der Waals surface area contributed by atoms with E-state index in [1.807, 2.05) is 36.4 Å². The van der Waals surface area contributed by atoms with Crippen LogP contribution in [0.2, 0.25) is 0 Å². The molecule has 0 aliphatic heterocycles. The van der Waals surface area contributed by atoms with Crippen LogP contribution >= 0.6 is 0 Å². The molecule has 0 saturated carbocycles. The van der Waals surface area contributed by atoms with Gasteiger partial charge in [-0.15, -0.1) is 0 Å². The Morgan fingerprint density at radius 3 is 2.50 bits per heavy atom. The predicted molar refractivity (Wildman–Crippen MR) is 67.0 cm³/mol. The van der Waals surface area contributed by atoms with Crippen molar-refractivity contribution in [3.63, 3.8) is 0 Å². The summed E-state index contributed by atoms with van der Waals surface area (Å²) >= 11 is 0. The first kappa shape index (κ1) is 12.3. The molecule has 0 aliphatic carbocycles. The highest BCUT2D eigenvalue weighted by Crippen LogP contribution is 2.17. The molecule has 2 rings (SSSR count). The maximum Gasteiger partial charge on any atom is 0.356 e. The topological polar surface area (TPSA) is 59.4 Å². The molecule has 1 heterocycles. The van der Waals surface area contributed by atoms with Crippen LogP contribution in [0.1, 0.15) is 10.5 Å². The van der Waals surface area contributed by atoms with Gasteiger partial charge >= 0.3 is 5.97 Å². The van der Waals surface area contributed by atoms with Gasteiger partial charge < -0.3 is 9.84 Å². The molecule has 18 heavy (non-hydrogen) atoms. The largest absolute Gasteiger partial charge is 0.459 e. The van der Waals surface area contributed by atoms with Crippen molar-refractivity contribution in [1.29, 1.82) is 0 Å². The van der Waals surface area contributed by atoms with E-state index in [2.05, 4.69) is 4.98 Å². The van der Waals surface area contributed by atoms with Crippen LogP contribution < -0.4 is 0 Å². The minimum atomic E-state index is -0.524. The van der Waals surface area contributed by atoms with Crippen LogP contribution in [0.15, 0.2) is 48.7 Å². The average molecular weight is 243 g/mol. The molecule has 2 aromatic rings. The molecule has 0 bridgehead atoms. The SMILES string of the molecule is O=C(OCCO)c1ccc(-c2ccccc2)cn1. The number of esters is 1. The average Bonchev–Trinajstić information content (AvgIpc) is 2.46. The number of aliphatic hydroxyl groups excluding tert-OH is 1. The van der Waals surface area contributed by atoms with Gasteiger partial charge in [0.1, 0.15) is 12.3 Å². The van der Waals surface area contributed by atoms with E-state index in [0.717, 1.165) is 11.1 Å². The highest BCUT2D eigenvalue weighted by atomic mass is 16.5. The molecular weight excluding hydrogens is 230 g/mol. The lowest BCUT2D eigenvalue weighted by Gasteiger charge is -2.04. The molecule has 1 aromatic carbocycles. The lowest BCUT2D eigenvalue weighted by atomic mass is 10.1. The smallest absolute Gasteiger partial charge is 0.356 e. The Labute approximate surface area is 105 Å². The van der Waals surface area contributed by atoms with Crippen molar-refractivity contribution in [3.8, 4) is 11.1 Å². The monoisotopic (exact) mass is 243 g/mol. The number of pyridine rings is 1. The maximum atomic E-state index is 11.5. The molecule has 1 N–H and O–H groups in total. The number of hydrogen-bond donors (Lipinski definition) is 1. The van der Waals surface area contributed by atoms with Crippen LogP contribution in [0.4, 0.5) is 0 Å². The van der Waals surface area contributed by atoms with Crippen LogP contribution in [0.25, 0.3) is 11.1 Å². The molecule has 0 amide bonds. The van der Waals surface area contributed by atoms with E-state index in [9.17, 15) is 4.79 Å². The molecule has 0 fully saturated rings. The van der Waals surface area contributed by atoms with Crippen LogP contribution in [0.3, 0.4) is 0 Å². The Bertz CT molecular complexity index is 508. The summed E-state index contributed by atoms with van der Waals surface area (Å²) < 4.78 is 4.77. The van der Waals surface area contributed by atoms with Gasteiger partial charge in [0.05, 0.1) is 6.61 Å². The summed E-state index contributed by atoms with van der Waals surface area (Å²) in [4.78, 5) is 15.5. The van der Waals surface area contributed by atoms with Crippen LogP contribution in [-0.4, -0.2) is 29.3 Å². The number of rotatable bonds is 4. The fraction of sp³-hybridized carbons (Fsp3) is 0.143. The van der Waals surface area contributed by atoms with Crippen molar-refractivity contribution in [2.75, 3.05) is 13.2 Å². The Balaban J connectivity index is 2.13. The summed E-state index contributed by atoms with van der Waals surface area (Å²) in [5.74, 6) is -0.524. The zero-order valence-electron chi connectivity index (χ0n) is 9.74. The molecule has 0 atom stereocenters. The van der Waals surface area contributed by atoms with Crippen molar-refractivity contribution in [2.45, 2.75) is 0 Å². The van der Waals surface area contributed by atoms with E-state index in [1.165, 1.54) is 0 Å². The molecule has 1 aromatic heterocycles. The number of carbonyl (C=O) groups excluding carboxylic acids is 1. The quantitative estimate of drug-likeness (QED) is 0.833. The molecule has 0 spiro atoms. The molecule has 4 heteroatoms. The number of nitrogens with zero attached hydrogens (tertiary/aromatic N) is 1. The number of carbonyl (C=O) groups is 1. The first-order valence-electron chi connectivity index (χ1n) is 5.60. The molecule has 0 radical (unpaired) electrons. The summed E-state index contributed by atoms with van der Waals surface area (Å²) in [5.41, 5.74) is 2.22. The lowest BCUT2D eigenvalue weighted by Crippen LogP contribution is -2.10. The van der Waals surface area contributed by atoms with Gasteiger partial charge in [0.2, 0.25) is 0 Å². The van der Waals surface area contributed by atoms with Gasteiger partial charge in [-0.25, -0.2) is 9.78 Å². The third kappa shape index (κ3) is 2.93. The standard InChI is InChI=1S/C14H13NO3/c16-8-9-18-14(17)13-7-6-12(10-15-13)11-4-2-1-3-5-11/h1-7,10,16H,8-9H2. The number of benzene rings is 1. The Morgan fingerprint density at radius 1 is 1.11 bits per heavy atom. The molecule has 0 unspecified atom stereocenters. The van der Waals surface area contributed by atoms with Crippen molar-refractivity contribution in [2.24, 2.45) is 0 Å². The van der Waals surface area contributed by atoms with Gasteiger partial charge in [0.15, 0.2) is 0 Å². The summed E-state index contributed by atoms with van der Waals surface area (Å²) in [7, 11) is 0. The van der Waals surface area contributed by atoms with Crippen molar-refractivity contribution < 1.29 is 14.6 Å². The third-order valence-corrected chi connectivity index (χ3v) is 2.40. The second kappa shape index (κ2) is 5.93. The third-order valence-electron chi connectivity index (χ3n) is 2.40. The van der Waals surface area contributed by atoms with E-state index in [0.29, 0.717) is 0 Å². The van der Waals surface area contributed by atoms with Gasteiger partial charge in [-0.3, -0.25) is 0 Å². The summed E-state index contributed by atoms with van der Waals surface area (Å²) in [6.07, 6.45) is 1.63. The zero-order chi connectivity index (χ0) is 12.8.